The Morgan fingerprint density at radius 2 is 1.77 bits per heavy atom. The van der Waals surface area contributed by atoms with Crippen LogP contribution in [0.3, 0.4) is 0 Å². The standard InChI is InChI=1S/C25H20ClFN2O5S/c26-21-8-4-7-19-24(28-15-29-25(19)21)20-14-17(10-11-22(20)27)34-16-5-3-6-18(13-16)35(32,33)12-2-1-9-23(30)31/h3-8,10-11,13-15H,1-2,9,12H2,(H,30,31). The minimum atomic E-state index is -3.62. The molecule has 0 aliphatic rings. The van der Waals surface area contributed by atoms with Crippen molar-refractivity contribution in [3.63, 3.8) is 0 Å². The second kappa shape index (κ2) is 10.4. The lowest BCUT2D eigenvalue weighted by Gasteiger charge is -2.11. The van der Waals surface area contributed by atoms with Crippen molar-refractivity contribution in [3.8, 4) is 22.8 Å². The monoisotopic (exact) mass is 514 g/mol. The Balaban J connectivity index is 1.60. The molecule has 0 radical (unpaired) electrons. The van der Waals surface area contributed by atoms with Crippen LogP contribution in [0.15, 0.2) is 71.9 Å². The molecule has 10 heteroatoms. The number of halogens is 2. The van der Waals surface area contributed by atoms with Gasteiger partial charge in [-0.1, -0.05) is 29.8 Å². The van der Waals surface area contributed by atoms with Crippen LogP contribution in [0.2, 0.25) is 5.02 Å². The number of aliphatic carboxylic acids is 1. The highest BCUT2D eigenvalue weighted by atomic mass is 35.5. The molecule has 4 rings (SSSR count). The number of unbranched alkanes of at least 4 members (excludes halogenated alkanes) is 1. The molecule has 0 atom stereocenters. The van der Waals surface area contributed by atoms with Crippen LogP contribution < -0.4 is 4.74 Å². The van der Waals surface area contributed by atoms with Gasteiger partial charge in [-0.2, -0.15) is 0 Å². The zero-order valence-corrected chi connectivity index (χ0v) is 19.9. The minimum Gasteiger partial charge on any atom is -0.481 e. The Hall–Kier alpha value is -3.56. The fraction of sp³-hybridized carbons (Fsp3) is 0.160. The van der Waals surface area contributed by atoms with Gasteiger partial charge in [-0.25, -0.2) is 22.8 Å². The number of sulfone groups is 1. The lowest BCUT2D eigenvalue weighted by Crippen LogP contribution is -2.07. The number of benzene rings is 3. The normalized spacial score (nSPS) is 11.5. The number of hydrogen-bond acceptors (Lipinski definition) is 6. The van der Waals surface area contributed by atoms with E-state index in [0.29, 0.717) is 21.6 Å². The first-order valence-electron chi connectivity index (χ1n) is 10.7. The van der Waals surface area contributed by atoms with E-state index in [1.54, 1.807) is 30.3 Å². The summed E-state index contributed by atoms with van der Waals surface area (Å²) in [5, 5.41) is 9.70. The summed E-state index contributed by atoms with van der Waals surface area (Å²) in [5.41, 5.74) is 1.02. The van der Waals surface area contributed by atoms with Gasteiger partial charge in [-0.15, -0.1) is 0 Å². The van der Waals surface area contributed by atoms with Crippen LogP contribution in [0, 0.1) is 5.82 Å². The predicted molar refractivity (Wildman–Crippen MR) is 130 cm³/mol. The Morgan fingerprint density at radius 3 is 2.57 bits per heavy atom. The molecule has 0 amide bonds. The van der Waals surface area contributed by atoms with E-state index in [1.165, 1.54) is 36.7 Å². The van der Waals surface area contributed by atoms with Crippen molar-refractivity contribution in [3.05, 3.63) is 77.8 Å². The lowest BCUT2D eigenvalue weighted by molar-refractivity contribution is -0.137. The largest absolute Gasteiger partial charge is 0.481 e. The van der Waals surface area contributed by atoms with Crippen LogP contribution in [0.1, 0.15) is 19.3 Å². The fourth-order valence-electron chi connectivity index (χ4n) is 3.57. The van der Waals surface area contributed by atoms with E-state index < -0.39 is 21.6 Å². The molecule has 1 aromatic heterocycles. The molecule has 0 unspecified atom stereocenters. The number of para-hydroxylation sites is 1. The average molecular weight is 515 g/mol. The highest BCUT2D eigenvalue weighted by Crippen LogP contribution is 2.34. The maximum absolute atomic E-state index is 14.8. The Labute approximate surface area is 206 Å². The molecule has 180 valence electrons. The summed E-state index contributed by atoms with van der Waals surface area (Å²) in [6.07, 6.45) is 1.73. The molecule has 4 aromatic rings. The first-order chi connectivity index (χ1) is 16.7. The van der Waals surface area contributed by atoms with E-state index in [9.17, 15) is 17.6 Å². The highest BCUT2D eigenvalue weighted by molar-refractivity contribution is 7.91. The van der Waals surface area contributed by atoms with Gasteiger partial charge in [0.15, 0.2) is 9.84 Å². The van der Waals surface area contributed by atoms with E-state index >= 15 is 0 Å². The number of nitrogens with zero attached hydrogens (tertiary/aromatic N) is 2. The average Bonchev–Trinajstić information content (AvgIpc) is 2.83. The number of ether oxygens (including phenoxy) is 1. The van der Waals surface area contributed by atoms with Crippen LogP contribution >= 0.6 is 11.6 Å². The number of carboxylic acids is 1. The number of carboxylic acid groups (broad SMARTS) is 1. The molecule has 1 N–H and O–H groups in total. The van der Waals surface area contributed by atoms with Crippen molar-refractivity contribution in [2.24, 2.45) is 0 Å². The van der Waals surface area contributed by atoms with Crippen LogP contribution in [0.25, 0.3) is 22.2 Å². The van der Waals surface area contributed by atoms with Crippen LogP contribution in [0.4, 0.5) is 4.39 Å². The van der Waals surface area contributed by atoms with Gasteiger partial charge in [-0.05, 0) is 55.3 Å². The predicted octanol–water partition coefficient (Wildman–Crippen LogP) is 5.91. The van der Waals surface area contributed by atoms with Gasteiger partial charge in [0.1, 0.15) is 23.6 Å². The Bertz CT molecular complexity index is 1510. The summed E-state index contributed by atoms with van der Waals surface area (Å²) in [5.74, 6) is -1.12. The van der Waals surface area contributed by atoms with E-state index in [1.807, 2.05) is 0 Å². The summed E-state index contributed by atoms with van der Waals surface area (Å²) in [6, 6.07) is 15.3. The van der Waals surface area contributed by atoms with Crippen LogP contribution in [-0.2, 0) is 14.6 Å². The summed E-state index contributed by atoms with van der Waals surface area (Å²) in [4.78, 5) is 19.1. The highest BCUT2D eigenvalue weighted by Gasteiger charge is 2.17. The van der Waals surface area contributed by atoms with Gasteiger partial charge in [0.05, 0.1) is 26.9 Å². The van der Waals surface area contributed by atoms with Gasteiger partial charge in [0.2, 0.25) is 0 Å². The zero-order chi connectivity index (χ0) is 25.0. The number of carbonyl (C=O) groups is 1. The third-order valence-corrected chi connectivity index (χ3v) is 7.37. The van der Waals surface area contributed by atoms with E-state index in [2.05, 4.69) is 9.97 Å². The first kappa shape index (κ1) is 24.6. The van der Waals surface area contributed by atoms with Gasteiger partial charge < -0.3 is 9.84 Å². The summed E-state index contributed by atoms with van der Waals surface area (Å²) in [7, 11) is -3.62. The summed E-state index contributed by atoms with van der Waals surface area (Å²) < 4.78 is 45.9. The second-order valence-corrected chi connectivity index (χ2v) is 10.3. The van der Waals surface area contributed by atoms with Crippen molar-refractivity contribution in [2.75, 3.05) is 5.75 Å². The van der Waals surface area contributed by atoms with Crippen molar-refractivity contribution in [1.82, 2.24) is 9.97 Å². The maximum Gasteiger partial charge on any atom is 0.303 e. The number of hydrogen-bond donors (Lipinski definition) is 1. The zero-order valence-electron chi connectivity index (χ0n) is 18.3. The van der Waals surface area contributed by atoms with Gasteiger partial charge in [0, 0.05) is 17.4 Å². The number of fused-ring (bicyclic) bond motifs is 1. The molecule has 7 nitrogen and oxygen atoms in total. The minimum absolute atomic E-state index is 0.0593. The Kier molecular flexibility index (Phi) is 7.28. The van der Waals surface area contributed by atoms with Crippen molar-refractivity contribution in [2.45, 2.75) is 24.2 Å². The molecule has 1 heterocycles. The molecule has 0 fully saturated rings. The number of rotatable bonds is 9. The van der Waals surface area contributed by atoms with Gasteiger partial charge in [0.25, 0.3) is 0 Å². The van der Waals surface area contributed by atoms with Crippen molar-refractivity contribution in [1.29, 1.82) is 0 Å². The van der Waals surface area contributed by atoms with Crippen LogP contribution in [-0.4, -0.2) is 35.2 Å². The SMILES string of the molecule is O=C(O)CCCCS(=O)(=O)c1cccc(Oc2ccc(F)c(-c3ncnc4c(Cl)cccc34)c2)c1. The molecular weight excluding hydrogens is 495 g/mol. The van der Waals surface area contributed by atoms with E-state index in [0.717, 1.165) is 0 Å². The van der Waals surface area contributed by atoms with Crippen molar-refractivity contribution < 1.29 is 27.4 Å². The Morgan fingerprint density at radius 1 is 1.00 bits per heavy atom. The quantitative estimate of drug-likeness (QED) is 0.277. The van der Waals surface area contributed by atoms with E-state index in [-0.39, 0.29) is 47.0 Å². The molecule has 0 aliphatic carbocycles. The molecule has 3 aromatic carbocycles. The van der Waals surface area contributed by atoms with Gasteiger partial charge >= 0.3 is 5.97 Å². The third kappa shape index (κ3) is 5.75. The third-order valence-electron chi connectivity index (χ3n) is 5.26. The van der Waals surface area contributed by atoms with Crippen molar-refractivity contribution >= 4 is 38.3 Å². The maximum atomic E-state index is 14.8. The fourth-order valence-corrected chi connectivity index (χ4v) is 5.19. The number of aromatic nitrogens is 2. The van der Waals surface area contributed by atoms with Crippen LogP contribution in [0.5, 0.6) is 11.5 Å². The molecule has 0 bridgehead atoms. The second-order valence-electron chi connectivity index (χ2n) is 7.75. The lowest BCUT2D eigenvalue weighted by atomic mass is 10.1. The smallest absolute Gasteiger partial charge is 0.303 e. The first-order valence-corrected chi connectivity index (χ1v) is 12.7. The van der Waals surface area contributed by atoms with E-state index in [4.69, 9.17) is 21.4 Å². The molecule has 0 saturated heterocycles. The molecular formula is C25H20ClFN2O5S. The topological polar surface area (TPSA) is 106 Å². The summed E-state index contributed by atoms with van der Waals surface area (Å²) >= 11 is 6.22. The molecule has 0 saturated carbocycles. The molecule has 35 heavy (non-hydrogen) atoms. The van der Waals surface area contributed by atoms with Gasteiger partial charge in [-0.3, -0.25) is 4.79 Å². The molecule has 0 aliphatic heterocycles. The summed E-state index contributed by atoms with van der Waals surface area (Å²) in [6.45, 7) is 0. The molecule has 0 spiro atoms.